The maximum atomic E-state index is 15.1. The number of nitriles is 1. The molecule has 0 spiro atoms. The van der Waals surface area contributed by atoms with E-state index in [1.54, 1.807) is 11.6 Å². The van der Waals surface area contributed by atoms with Gasteiger partial charge in [0.05, 0.1) is 23.2 Å². The van der Waals surface area contributed by atoms with Gasteiger partial charge < -0.3 is 26.0 Å². The zero-order chi connectivity index (χ0) is 26.7. The van der Waals surface area contributed by atoms with Crippen LogP contribution in [0.2, 0.25) is 0 Å². The van der Waals surface area contributed by atoms with Crippen LogP contribution < -0.4 is 20.9 Å². The van der Waals surface area contributed by atoms with Crippen LogP contribution in [0.15, 0.2) is 54.6 Å². The summed E-state index contributed by atoms with van der Waals surface area (Å²) >= 11 is 0. The number of anilines is 4. The van der Waals surface area contributed by atoms with E-state index in [2.05, 4.69) is 26.0 Å². The number of aryl methyl sites for hydroxylation is 1. The normalized spacial score (nSPS) is 12.4. The molecule has 0 aliphatic carbocycles. The first-order valence-corrected chi connectivity index (χ1v) is 11.5. The Balaban J connectivity index is 1.71. The highest BCUT2D eigenvalue weighted by Crippen LogP contribution is 2.31. The number of amides is 1. The number of halogens is 1. The monoisotopic (exact) mass is 502 g/mol. The average Bonchev–Trinajstić information content (AvgIpc) is 3.20. The summed E-state index contributed by atoms with van der Waals surface area (Å²) in [4.78, 5) is 17.6. The summed E-state index contributed by atoms with van der Waals surface area (Å²) in [5.74, 6) is 0.0855. The smallest absolute Gasteiger partial charge is 0.404 e. The lowest BCUT2D eigenvalue weighted by Crippen LogP contribution is -2.39. The molecule has 2 aromatic carbocycles. The topological polar surface area (TPSA) is 131 Å². The van der Waals surface area contributed by atoms with Gasteiger partial charge in [-0.2, -0.15) is 10.4 Å². The first-order valence-electron chi connectivity index (χ1n) is 11.5. The Kier molecular flexibility index (Phi) is 7.11. The summed E-state index contributed by atoms with van der Waals surface area (Å²) < 4.78 is 16.8. The van der Waals surface area contributed by atoms with Crippen LogP contribution in [-0.2, 0) is 7.05 Å². The SMILES string of the molecule is C[C@H](NC(=O)O)[C@H](Nc1nc(Nc2ccc3c(c2)c(N(C)C)nn3C)c(C#N)cc1F)c1ccccc1. The number of fused-ring (bicyclic) bond motifs is 1. The first kappa shape index (κ1) is 25.2. The van der Waals surface area contributed by atoms with E-state index in [9.17, 15) is 15.2 Å². The van der Waals surface area contributed by atoms with Crippen molar-refractivity contribution in [3.63, 3.8) is 0 Å². The lowest BCUT2D eigenvalue weighted by Gasteiger charge is -2.26. The van der Waals surface area contributed by atoms with E-state index >= 15 is 4.39 Å². The number of hydrogen-bond donors (Lipinski definition) is 4. The number of pyridine rings is 1. The number of nitrogens with one attached hydrogen (secondary N) is 3. The molecule has 0 aliphatic rings. The Bertz CT molecular complexity index is 1480. The average molecular weight is 503 g/mol. The summed E-state index contributed by atoms with van der Waals surface area (Å²) in [6, 6.07) is 16.5. The summed E-state index contributed by atoms with van der Waals surface area (Å²) in [5, 5.41) is 32.9. The van der Waals surface area contributed by atoms with Crippen LogP contribution >= 0.6 is 0 Å². The van der Waals surface area contributed by atoms with Crippen molar-refractivity contribution >= 4 is 40.1 Å². The van der Waals surface area contributed by atoms with E-state index in [0.717, 1.165) is 28.4 Å². The Morgan fingerprint density at radius 2 is 1.89 bits per heavy atom. The van der Waals surface area contributed by atoms with Crippen LogP contribution in [0.25, 0.3) is 10.9 Å². The van der Waals surface area contributed by atoms with Gasteiger partial charge in [-0.25, -0.2) is 14.2 Å². The third kappa shape index (κ3) is 5.38. The third-order valence-electron chi connectivity index (χ3n) is 5.92. The molecule has 0 radical (unpaired) electrons. The van der Waals surface area contributed by atoms with Crippen LogP contribution in [0.1, 0.15) is 24.1 Å². The summed E-state index contributed by atoms with van der Waals surface area (Å²) in [6.45, 7) is 1.67. The molecule has 10 nitrogen and oxygen atoms in total. The van der Waals surface area contributed by atoms with Gasteiger partial charge in [0.1, 0.15) is 6.07 Å². The minimum absolute atomic E-state index is 0.0233. The van der Waals surface area contributed by atoms with Gasteiger partial charge in [-0.15, -0.1) is 0 Å². The molecule has 4 aromatic rings. The minimum Gasteiger partial charge on any atom is -0.465 e. The van der Waals surface area contributed by atoms with Gasteiger partial charge in [0.25, 0.3) is 0 Å². The van der Waals surface area contributed by atoms with Gasteiger partial charge in [-0.05, 0) is 36.8 Å². The van der Waals surface area contributed by atoms with Crippen molar-refractivity contribution in [3.05, 3.63) is 71.5 Å². The molecule has 0 unspecified atom stereocenters. The number of nitrogens with zero attached hydrogens (tertiary/aromatic N) is 5. The van der Waals surface area contributed by atoms with Crippen molar-refractivity contribution in [2.24, 2.45) is 7.05 Å². The summed E-state index contributed by atoms with van der Waals surface area (Å²) in [6.07, 6.45) is -1.20. The van der Waals surface area contributed by atoms with Crippen molar-refractivity contribution in [1.82, 2.24) is 20.1 Å². The van der Waals surface area contributed by atoms with Crippen LogP contribution in [0.4, 0.5) is 32.3 Å². The van der Waals surface area contributed by atoms with Crippen LogP contribution in [0.5, 0.6) is 0 Å². The molecular weight excluding hydrogens is 475 g/mol. The number of hydrogen-bond acceptors (Lipinski definition) is 7. The Hall–Kier alpha value is -4.85. The predicted octanol–water partition coefficient (Wildman–Crippen LogP) is 4.60. The molecule has 37 heavy (non-hydrogen) atoms. The van der Waals surface area contributed by atoms with Crippen LogP contribution in [0, 0.1) is 17.1 Å². The van der Waals surface area contributed by atoms with Crippen molar-refractivity contribution < 1.29 is 14.3 Å². The van der Waals surface area contributed by atoms with Crippen molar-refractivity contribution in [2.75, 3.05) is 29.6 Å². The molecule has 0 fully saturated rings. The molecule has 4 rings (SSSR count). The Morgan fingerprint density at radius 3 is 2.54 bits per heavy atom. The summed E-state index contributed by atoms with van der Waals surface area (Å²) in [5.41, 5.74) is 2.33. The third-order valence-corrected chi connectivity index (χ3v) is 5.92. The highest BCUT2D eigenvalue weighted by Gasteiger charge is 2.24. The molecular formula is C26H27FN8O2. The van der Waals surface area contributed by atoms with Gasteiger partial charge in [0, 0.05) is 32.2 Å². The molecule has 2 atom stereocenters. The molecule has 4 N–H and O–H groups in total. The lowest BCUT2D eigenvalue weighted by molar-refractivity contribution is 0.189. The number of carbonyl (C=O) groups is 1. The summed E-state index contributed by atoms with van der Waals surface area (Å²) in [7, 11) is 5.66. The molecule has 2 aromatic heterocycles. The fourth-order valence-electron chi connectivity index (χ4n) is 4.15. The van der Waals surface area contributed by atoms with Gasteiger partial charge in [-0.3, -0.25) is 4.68 Å². The molecule has 2 heterocycles. The maximum absolute atomic E-state index is 15.1. The van der Waals surface area contributed by atoms with Crippen molar-refractivity contribution in [3.8, 4) is 6.07 Å². The van der Waals surface area contributed by atoms with E-state index in [-0.39, 0.29) is 17.2 Å². The number of carboxylic acid groups (broad SMARTS) is 1. The molecule has 11 heteroatoms. The van der Waals surface area contributed by atoms with Crippen molar-refractivity contribution in [2.45, 2.75) is 19.0 Å². The largest absolute Gasteiger partial charge is 0.465 e. The Morgan fingerprint density at radius 1 is 1.16 bits per heavy atom. The molecule has 0 aliphatic heterocycles. The van der Waals surface area contributed by atoms with E-state index in [1.807, 2.05) is 80.6 Å². The van der Waals surface area contributed by atoms with E-state index in [4.69, 9.17) is 0 Å². The molecule has 1 amide bonds. The highest BCUT2D eigenvalue weighted by molar-refractivity contribution is 5.93. The minimum atomic E-state index is -1.20. The second-order valence-electron chi connectivity index (χ2n) is 8.80. The van der Waals surface area contributed by atoms with E-state index in [0.29, 0.717) is 5.69 Å². The fraction of sp³-hybridized carbons (Fsp3) is 0.231. The van der Waals surface area contributed by atoms with Crippen molar-refractivity contribution in [1.29, 1.82) is 5.26 Å². The zero-order valence-electron chi connectivity index (χ0n) is 20.8. The van der Waals surface area contributed by atoms with E-state index in [1.165, 1.54) is 0 Å². The Labute approximate surface area is 213 Å². The van der Waals surface area contributed by atoms with Crippen LogP contribution in [0.3, 0.4) is 0 Å². The van der Waals surface area contributed by atoms with E-state index < -0.39 is 24.0 Å². The van der Waals surface area contributed by atoms with Gasteiger partial charge in [0.15, 0.2) is 23.3 Å². The number of benzene rings is 2. The molecule has 0 saturated heterocycles. The molecule has 0 bridgehead atoms. The number of aromatic nitrogens is 3. The van der Waals surface area contributed by atoms with Crippen LogP contribution in [-0.4, -0.2) is 46.1 Å². The van der Waals surface area contributed by atoms with Gasteiger partial charge >= 0.3 is 6.09 Å². The fourth-order valence-corrected chi connectivity index (χ4v) is 4.15. The number of rotatable bonds is 8. The molecule has 0 saturated carbocycles. The zero-order valence-corrected chi connectivity index (χ0v) is 20.8. The second kappa shape index (κ2) is 10.4. The quantitative estimate of drug-likeness (QED) is 0.275. The highest BCUT2D eigenvalue weighted by atomic mass is 19.1. The van der Waals surface area contributed by atoms with Gasteiger partial charge in [0.2, 0.25) is 0 Å². The molecule has 190 valence electrons. The lowest BCUT2D eigenvalue weighted by atomic mass is 10.0. The predicted molar refractivity (Wildman–Crippen MR) is 141 cm³/mol. The van der Waals surface area contributed by atoms with Gasteiger partial charge in [-0.1, -0.05) is 30.3 Å². The first-order chi connectivity index (χ1) is 17.7. The second-order valence-corrected chi connectivity index (χ2v) is 8.80. The maximum Gasteiger partial charge on any atom is 0.404 e. The standard InChI is InChI=1S/C26H27FN8O2/c1-15(29-26(36)37)22(16-8-6-5-7-9-16)31-24-20(27)12-17(14-28)23(32-24)30-18-10-11-21-19(13-18)25(34(2)3)33-35(21)4/h5-13,15,22,29H,1-4H3,(H,36,37)(H2,30,31,32)/t15-,22-/m0/s1.